The fraction of sp³-hybridized carbons (Fsp3) is 0.438. The van der Waals surface area contributed by atoms with Gasteiger partial charge in [0.25, 0.3) is 0 Å². The van der Waals surface area contributed by atoms with Gasteiger partial charge in [-0.2, -0.15) is 5.10 Å². The number of benzene rings is 1. The van der Waals surface area contributed by atoms with Crippen LogP contribution in [-0.4, -0.2) is 47.5 Å². The van der Waals surface area contributed by atoms with Gasteiger partial charge in [-0.05, 0) is 32.0 Å². The average molecular weight is 365 g/mol. The fourth-order valence-corrected chi connectivity index (χ4v) is 2.77. The summed E-state index contributed by atoms with van der Waals surface area (Å²) < 4.78 is 5.37. The lowest BCUT2D eigenvalue weighted by molar-refractivity contribution is 0.122. The molecule has 0 unspecified atom stereocenters. The molecule has 0 aliphatic carbocycles. The van der Waals surface area contributed by atoms with Gasteiger partial charge >= 0.3 is 6.03 Å². The summed E-state index contributed by atoms with van der Waals surface area (Å²) in [6.07, 6.45) is 0. The largest absolute Gasteiger partial charge is 0.378 e. The van der Waals surface area contributed by atoms with Gasteiger partial charge in [-0.15, -0.1) is 0 Å². The first-order valence-corrected chi connectivity index (χ1v) is 8.49. The maximum absolute atomic E-state index is 12.3. The molecule has 1 fully saturated rings. The zero-order valence-corrected chi connectivity index (χ0v) is 14.9. The Morgan fingerprint density at radius 1 is 1.40 bits per heavy atom. The summed E-state index contributed by atoms with van der Waals surface area (Å²) in [5.41, 5.74) is 1.56. The zero-order valence-electron chi connectivity index (χ0n) is 14.2. The van der Waals surface area contributed by atoms with E-state index < -0.39 is 0 Å². The monoisotopic (exact) mass is 364 g/mol. The van der Waals surface area contributed by atoms with Crippen LogP contribution in [0, 0.1) is 6.92 Å². The maximum Gasteiger partial charge on any atom is 0.319 e. The molecule has 1 saturated heterocycles. The van der Waals surface area contributed by atoms with E-state index >= 15 is 0 Å². The number of halogens is 1. The standard InChI is InChI=1S/C16H21ClN6O2/c1-10(15-19-11(2)21-22-15)18-16(24)20-14-9-12(3-4-13(14)17)23-5-7-25-8-6-23/h3-4,9-10H,5-8H2,1-2H3,(H2,18,20,24)(H,19,21,22)/t10-/m0/s1. The number of urea groups is 1. The van der Waals surface area contributed by atoms with Gasteiger partial charge in [-0.3, -0.25) is 5.10 Å². The van der Waals surface area contributed by atoms with Crippen molar-refractivity contribution in [3.63, 3.8) is 0 Å². The van der Waals surface area contributed by atoms with E-state index in [9.17, 15) is 4.79 Å². The molecule has 1 aromatic carbocycles. The Morgan fingerprint density at radius 3 is 2.84 bits per heavy atom. The Balaban J connectivity index is 1.65. The third kappa shape index (κ3) is 4.40. The van der Waals surface area contributed by atoms with Crippen molar-refractivity contribution in [2.75, 3.05) is 36.5 Å². The molecular weight excluding hydrogens is 344 g/mol. The molecule has 0 radical (unpaired) electrons. The van der Waals surface area contributed by atoms with Crippen LogP contribution in [0.2, 0.25) is 5.02 Å². The number of rotatable bonds is 4. The normalized spacial score (nSPS) is 15.7. The molecule has 0 spiro atoms. The zero-order chi connectivity index (χ0) is 17.8. The van der Waals surface area contributed by atoms with E-state index in [1.807, 2.05) is 19.1 Å². The summed E-state index contributed by atoms with van der Waals surface area (Å²) in [4.78, 5) is 18.7. The number of amides is 2. The van der Waals surface area contributed by atoms with Crippen LogP contribution in [0.1, 0.15) is 24.6 Å². The number of H-pyrrole nitrogens is 1. The summed E-state index contributed by atoms with van der Waals surface area (Å²) in [7, 11) is 0. The van der Waals surface area contributed by atoms with Crippen LogP contribution in [0.25, 0.3) is 0 Å². The minimum Gasteiger partial charge on any atom is -0.378 e. The van der Waals surface area contributed by atoms with Gasteiger partial charge in [-0.25, -0.2) is 9.78 Å². The van der Waals surface area contributed by atoms with Gasteiger partial charge in [0, 0.05) is 18.8 Å². The van der Waals surface area contributed by atoms with E-state index in [-0.39, 0.29) is 12.1 Å². The summed E-state index contributed by atoms with van der Waals surface area (Å²) in [5.74, 6) is 1.23. The van der Waals surface area contributed by atoms with Crippen LogP contribution in [0.5, 0.6) is 0 Å². The molecule has 3 rings (SSSR count). The molecule has 1 aliphatic heterocycles. The lowest BCUT2D eigenvalue weighted by Gasteiger charge is -2.29. The highest BCUT2D eigenvalue weighted by molar-refractivity contribution is 6.33. The molecule has 9 heteroatoms. The number of aromatic amines is 1. The molecule has 1 aromatic heterocycles. The minimum atomic E-state index is -0.365. The topological polar surface area (TPSA) is 95.2 Å². The van der Waals surface area contributed by atoms with Crippen LogP contribution >= 0.6 is 11.6 Å². The average Bonchev–Trinajstić information content (AvgIpc) is 3.04. The van der Waals surface area contributed by atoms with E-state index in [2.05, 4.69) is 30.7 Å². The lowest BCUT2D eigenvalue weighted by atomic mass is 10.2. The summed E-state index contributed by atoms with van der Waals surface area (Å²) in [5, 5.41) is 12.9. The number of hydrogen-bond acceptors (Lipinski definition) is 5. The molecule has 134 valence electrons. The highest BCUT2D eigenvalue weighted by Gasteiger charge is 2.16. The van der Waals surface area contributed by atoms with Crippen molar-refractivity contribution in [1.29, 1.82) is 0 Å². The summed E-state index contributed by atoms with van der Waals surface area (Å²) in [6.45, 7) is 6.63. The summed E-state index contributed by atoms with van der Waals surface area (Å²) in [6, 6.07) is 4.90. The quantitative estimate of drug-likeness (QED) is 0.774. The Hall–Kier alpha value is -2.32. The Bertz CT molecular complexity index is 744. The molecule has 2 heterocycles. The molecular formula is C16H21ClN6O2. The van der Waals surface area contributed by atoms with Crippen molar-refractivity contribution in [3.8, 4) is 0 Å². The Morgan fingerprint density at radius 2 is 2.16 bits per heavy atom. The first-order valence-electron chi connectivity index (χ1n) is 8.11. The first kappa shape index (κ1) is 17.5. The number of carbonyl (C=O) groups is 1. The van der Waals surface area contributed by atoms with Gasteiger partial charge in [0.1, 0.15) is 5.82 Å². The van der Waals surface area contributed by atoms with E-state index in [4.69, 9.17) is 16.3 Å². The van der Waals surface area contributed by atoms with Crippen molar-refractivity contribution in [3.05, 3.63) is 34.9 Å². The van der Waals surface area contributed by atoms with Gasteiger partial charge in [-0.1, -0.05) is 11.6 Å². The molecule has 1 aliphatic rings. The number of carbonyl (C=O) groups excluding carboxylic acids is 1. The van der Waals surface area contributed by atoms with Gasteiger partial charge in [0.15, 0.2) is 5.82 Å². The third-order valence-corrected chi connectivity index (χ3v) is 4.25. The molecule has 0 saturated carbocycles. The van der Waals surface area contributed by atoms with Gasteiger partial charge in [0.2, 0.25) is 0 Å². The highest BCUT2D eigenvalue weighted by Crippen LogP contribution is 2.28. The van der Waals surface area contributed by atoms with Gasteiger partial charge in [0.05, 0.1) is 30.0 Å². The van der Waals surface area contributed by atoms with Gasteiger partial charge < -0.3 is 20.3 Å². The SMILES string of the molecule is Cc1nc([C@H](C)NC(=O)Nc2cc(N3CCOCC3)ccc2Cl)n[nH]1. The van der Waals surface area contributed by atoms with Crippen molar-refractivity contribution < 1.29 is 9.53 Å². The fourth-order valence-electron chi connectivity index (χ4n) is 2.60. The smallest absolute Gasteiger partial charge is 0.319 e. The third-order valence-electron chi connectivity index (χ3n) is 3.92. The van der Waals surface area contributed by atoms with Crippen LogP contribution < -0.4 is 15.5 Å². The second-order valence-corrected chi connectivity index (χ2v) is 6.27. The number of morpholine rings is 1. The number of hydrogen-bond donors (Lipinski definition) is 3. The van der Waals surface area contributed by atoms with Crippen LogP contribution in [-0.2, 0) is 4.74 Å². The molecule has 2 amide bonds. The predicted octanol–water partition coefficient (Wildman–Crippen LogP) is 2.49. The number of nitrogens with zero attached hydrogens (tertiary/aromatic N) is 3. The van der Waals surface area contributed by atoms with Crippen LogP contribution in [0.4, 0.5) is 16.2 Å². The van der Waals surface area contributed by atoms with E-state index in [1.165, 1.54) is 0 Å². The number of nitrogens with one attached hydrogen (secondary N) is 3. The maximum atomic E-state index is 12.3. The Labute approximate surface area is 150 Å². The van der Waals surface area contributed by atoms with Crippen molar-refractivity contribution >= 4 is 29.0 Å². The van der Waals surface area contributed by atoms with E-state index in [0.29, 0.717) is 35.6 Å². The predicted molar refractivity (Wildman–Crippen MR) is 96.2 cm³/mol. The molecule has 1 atom stereocenters. The lowest BCUT2D eigenvalue weighted by Crippen LogP contribution is -2.36. The van der Waals surface area contributed by atoms with Crippen molar-refractivity contribution in [2.45, 2.75) is 19.9 Å². The van der Waals surface area contributed by atoms with Crippen molar-refractivity contribution in [1.82, 2.24) is 20.5 Å². The number of ether oxygens (including phenoxy) is 1. The molecule has 0 bridgehead atoms. The van der Waals surface area contributed by atoms with E-state index in [0.717, 1.165) is 18.8 Å². The second kappa shape index (κ2) is 7.71. The van der Waals surface area contributed by atoms with Crippen molar-refractivity contribution in [2.24, 2.45) is 0 Å². The molecule has 8 nitrogen and oxygen atoms in total. The molecule has 25 heavy (non-hydrogen) atoms. The molecule has 2 aromatic rings. The molecule has 3 N–H and O–H groups in total. The second-order valence-electron chi connectivity index (χ2n) is 5.86. The number of aromatic nitrogens is 3. The van der Waals surface area contributed by atoms with Crippen LogP contribution in [0.3, 0.4) is 0 Å². The Kier molecular flexibility index (Phi) is 5.40. The number of anilines is 2. The first-order chi connectivity index (χ1) is 12.0. The highest BCUT2D eigenvalue weighted by atomic mass is 35.5. The van der Waals surface area contributed by atoms with E-state index in [1.54, 1.807) is 13.0 Å². The minimum absolute atomic E-state index is 0.328. The summed E-state index contributed by atoms with van der Waals surface area (Å²) >= 11 is 6.22. The number of aryl methyl sites for hydroxylation is 1. The van der Waals surface area contributed by atoms with Crippen LogP contribution in [0.15, 0.2) is 18.2 Å².